The molecule has 1 N–H and O–H groups in total. The van der Waals surface area contributed by atoms with E-state index in [0.717, 1.165) is 17.7 Å². The SMILES string of the molecule is CC(C)[C@@]1(C(=O)O)Cc2cc(OCCOc3ccc(OC(F)(F)F)cc3Cl)ccc2O1. The summed E-state index contributed by atoms with van der Waals surface area (Å²) in [5, 5.41) is 9.57. The van der Waals surface area contributed by atoms with Gasteiger partial charge < -0.3 is 24.1 Å². The summed E-state index contributed by atoms with van der Waals surface area (Å²) in [5.74, 6) is -0.486. The number of alkyl halides is 3. The Labute approximate surface area is 181 Å². The average Bonchev–Trinajstić information content (AvgIpc) is 3.06. The molecule has 0 saturated carbocycles. The summed E-state index contributed by atoms with van der Waals surface area (Å²) in [4.78, 5) is 11.7. The van der Waals surface area contributed by atoms with Crippen molar-refractivity contribution in [1.29, 1.82) is 0 Å². The zero-order valence-corrected chi connectivity index (χ0v) is 17.4. The molecule has 2 aromatic rings. The van der Waals surface area contributed by atoms with Crippen molar-refractivity contribution in [2.24, 2.45) is 5.92 Å². The first-order chi connectivity index (χ1) is 14.5. The second kappa shape index (κ2) is 8.74. The van der Waals surface area contributed by atoms with Gasteiger partial charge in [-0.25, -0.2) is 4.79 Å². The highest BCUT2D eigenvalue weighted by Gasteiger charge is 2.49. The first-order valence-corrected chi connectivity index (χ1v) is 9.74. The Morgan fingerprint density at radius 1 is 1.16 bits per heavy atom. The van der Waals surface area contributed by atoms with E-state index in [1.54, 1.807) is 32.0 Å². The van der Waals surface area contributed by atoms with Gasteiger partial charge in [0.15, 0.2) is 0 Å². The molecule has 10 heteroatoms. The highest BCUT2D eigenvalue weighted by molar-refractivity contribution is 6.32. The maximum Gasteiger partial charge on any atom is 0.573 e. The van der Waals surface area contributed by atoms with Crippen molar-refractivity contribution < 1.29 is 42.0 Å². The predicted octanol–water partition coefficient (Wildman–Crippen LogP) is 5.11. The van der Waals surface area contributed by atoms with Gasteiger partial charge in [0, 0.05) is 24.0 Å². The Morgan fingerprint density at radius 2 is 1.84 bits per heavy atom. The minimum atomic E-state index is -4.81. The van der Waals surface area contributed by atoms with E-state index in [9.17, 15) is 23.1 Å². The summed E-state index contributed by atoms with van der Waals surface area (Å²) in [6.45, 7) is 3.80. The van der Waals surface area contributed by atoms with E-state index in [0.29, 0.717) is 11.5 Å². The van der Waals surface area contributed by atoms with Gasteiger partial charge in [0.1, 0.15) is 36.2 Å². The number of fused-ring (bicyclic) bond motifs is 1. The maximum atomic E-state index is 12.2. The van der Waals surface area contributed by atoms with Crippen molar-refractivity contribution in [2.45, 2.75) is 32.2 Å². The fraction of sp³-hybridized carbons (Fsp3) is 0.381. The first kappa shape index (κ1) is 22.9. The van der Waals surface area contributed by atoms with Gasteiger partial charge in [-0.3, -0.25) is 0 Å². The van der Waals surface area contributed by atoms with Crippen LogP contribution in [0.25, 0.3) is 0 Å². The van der Waals surface area contributed by atoms with Crippen molar-refractivity contribution >= 4 is 17.6 Å². The van der Waals surface area contributed by atoms with Crippen LogP contribution in [0.15, 0.2) is 36.4 Å². The van der Waals surface area contributed by atoms with Crippen molar-refractivity contribution in [3.8, 4) is 23.0 Å². The largest absolute Gasteiger partial charge is 0.573 e. The summed E-state index contributed by atoms with van der Waals surface area (Å²) in [7, 11) is 0. The molecule has 2 aromatic carbocycles. The Morgan fingerprint density at radius 3 is 2.45 bits per heavy atom. The lowest BCUT2D eigenvalue weighted by atomic mass is 9.86. The molecule has 0 aromatic heterocycles. The molecule has 3 rings (SSSR count). The lowest BCUT2D eigenvalue weighted by Gasteiger charge is -2.27. The fourth-order valence-electron chi connectivity index (χ4n) is 3.19. The molecule has 0 bridgehead atoms. The monoisotopic (exact) mass is 460 g/mol. The zero-order valence-electron chi connectivity index (χ0n) is 16.7. The molecule has 0 amide bonds. The van der Waals surface area contributed by atoms with Crippen LogP contribution < -0.4 is 18.9 Å². The van der Waals surface area contributed by atoms with Crippen LogP contribution >= 0.6 is 11.6 Å². The van der Waals surface area contributed by atoms with Gasteiger partial charge in [0.25, 0.3) is 0 Å². The second-order valence-electron chi connectivity index (χ2n) is 7.23. The van der Waals surface area contributed by atoms with Gasteiger partial charge in [-0.2, -0.15) is 0 Å². The van der Waals surface area contributed by atoms with Crippen LogP contribution in [0.3, 0.4) is 0 Å². The number of aliphatic carboxylic acids is 1. The molecule has 0 radical (unpaired) electrons. The summed E-state index contributed by atoms with van der Waals surface area (Å²) in [6.07, 6.45) is -4.58. The van der Waals surface area contributed by atoms with Crippen molar-refractivity contribution in [1.82, 2.24) is 0 Å². The molecule has 0 unspecified atom stereocenters. The standard InChI is InChI=1S/C21H20ClF3O6/c1-12(2)20(19(26)27)11-13-9-14(3-5-17(13)31-20)28-7-8-29-18-6-4-15(10-16(18)22)30-21(23,24)25/h3-6,9-10,12H,7-8,11H2,1-2H3,(H,26,27)/t20-/m1/s1. The van der Waals surface area contributed by atoms with Gasteiger partial charge in [0.05, 0.1) is 5.02 Å². The molecule has 31 heavy (non-hydrogen) atoms. The number of hydrogen-bond acceptors (Lipinski definition) is 5. The molecule has 1 heterocycles. The van der Waals surface area contributed by atoms with Gasteiger partial charge in [-0.1, -0.05) is 25.4 Å². The van der Waals surface area contributed by atoms with Gasteiger partial charge >= 0.3 is 12.3 Å². The van der Waals surface area contributed by atoms with Crippen LogP contribution in [0.5, 0.6) is 23.0 Å². The number of carbonyl (C=O) groups is 1. The van der Waals surface area contributed by atoms with Crippen LogP contribution in [0.2, 0.25) is 5.02 Å². The maximum absolute atomic E-state index is 12.2. The minimum absolute atomic E-state index is 0.0323. The topological polar surface area (TPSA) is 74.2 Å². The number of ether oxygens (including phenoxy) is 4. The van der Waals surface area contributed by atoms with Crippen LogP contribution in [0.4, 0.5) is 13.2 Å². The lowest BCUT2D eigenvalue weighted by molar-refractivity contribution is -0.274. The predicted molar refractivity (Wildman–Crippen MR) is 105 cm³/mol. The van der Waals surface area contributed by atoms with E-state index in [1.807, 2.05) is 0 Å². The van der Waals surface area contributed by atoms with E-state index >= 15 is 0 Å². The number of carboxylic acid groups (broad SMARTS) is 1. The summed E-state index contributed by atoms with van der Waals surface area (Å²) >= 11 is 5.92. The van der Waals surface area contributed by atoms with Gasteiger partial charge in [-0.15, -0.1) is 13.2 Å². The normalized spacial score (nSPS) is 17.8. The Bertz CT molecular complexity index is 963. The lowest BCUT2D eigenvalue weighted by Crippen LogP contribution is -2.48. The molecule has 0 spiro atoms. The Kier molecular flexibility index (Phi) is 6.45. The van der Waals surface area contributed by atoms with Crippen LogP contribution in [0.1, 0.15) is 19.4 Å². The summed E-state index contributed by atoms with van der Waals surface area (Å²) < 4.78 is 57.3. The minimum Gasteiger partial charge on any atom is -0.490 e. The fourth-order valence-corrected chi connectivity index (χ4v) is 3.42. The molecule has 168 valence electrons. The second-order valence-corrected chi connectivity index (χ2v) is 7.64. The number of benzene rings is 2. The number of halogens is 4. The average molecular weight is 461 g/mol. The molecular weight excluding hydrogens is 441 g/mol. The van der Waals surface area contributed by atoms with Crippen LogP contribution in [0, 0.1) is 5.92 Å². The van der Waals surface area contributed by atoms with E-state index in [-0.39, 0.29) is 36.3 Å². The van der Waals surface area contributed by atoms with Crippen LogP contribution in [-0.2, 0) is 11.2 Å². The van der Waals surface area contributed by atoms with E-state index in [4.69, 9.17) is 25.8 Å². The molecule has 0 saturated heterocycles. The highest BCUT2D eigenvalue weighted by atomic mass is 35.5. The third-order valence-electron chi connectivity index (χ3n) is 4.82. The molecule has 6 nitrogen and oxygen atoms in total. The molecular formula is C21H20ClF3O6. The summed E-state index contributed by atoms with van der Waals surface area (Å²) in [5.41, 5.74) is -0.569. The van der Waals surface area contributed by atoms with Crippen molar-refractivity contribution in [3.63, 3.8) is 0 Å². The third-order valence-corrected chi connectivity index (χ3v) is 5.11. The number of hydrogen-bond donors (Lipinski definition) is 1. The third kappa shape index (κ3) is 5.28. The van der Waals surface area contributed by atoms with Gasteiger partial charge in [-0.05, 0) is 30.3 Å². The molecule has 0 fully saturated rings. The Hall–Kier alpha value is -2.81. The Balaban J connectivity index is 1.55. The van der Waals surface area contributed by atoms with Crippen molar-refractivity contribution in [2.75, 3.05) is 13.2 Å². The van der Waals surface area contributed by atoms with Crippen LogP contribution in [-0.4, -0.2) is 36.3 Å². The molecule has 0 aliphatic carbocycles. The van der Waals surface area contributed by atoms with Crippen molar-refractivity contribution in [3.05, 3.63) is 47.0 Å². The number of rotatable bonds is 8. The highest BCUT2D eigenvalue weighted by Crippen LogP contribution is 2.41. The van der Waals surface area contributed by atoms with Gasteiger partial charge in [0.2, 0.25) is 5.60 Å². The first-order valence-electron chi connectivity index (χ1n) is 9.36. The molecule has 1 aliphatic heterocycles. The molecule has 1 atom stereocenters. The van der Waals surface area contributed by atoms with E-state index < -0.39 is 23.7 Å². The summed E-state index contributed by atoms with van der Waals surface area (Å²) in [6, 6.07) is 8.42. The number of carboxylic acids is 1. The van der Waals surface area contributed by atoms with E-state index in [2.05, 4.69) is 4.74 Å². The van der Waals surface area contributed by atoms with E-state index in [1.165, 1.54) is 6.07 Å². The zero-order chi connectivity index (χ0) is 22.8. The smallest absolute Gasteiger partial charge is 0.490 e. The quantitative estimate of drug-likeness (QED) is 0.552. The molecule has 1 aliphatic rings.